The topological polar surface area (TPSA) is 55.8 Å². The van der Waals surface area contributed by atoms with Gasteiger partial charge in [0.15, 0.2) is 5.11 Å². The molecule has 1 unspecified atom stereocenters. The van der Waals surface area contributed by atoms with E-state index in [1.54, 1.807) is 17.0 Å². The zero-order chi connectivity index (χ0) is 15.4. The monoisotopic (exact) mass is 307 g/mol. The average Bonchev–Trinajstić information content (AvgIpc) is 2.68. The first-order chi connectivity index (χ1) is 9.97. The minimum absolute atomic E-state index is 0.0341. The molecule has 1 aromatic carbocycles. The van der Waals surface area contributed by atoms with E-state index in [0.29, 0.717) is 18.1 Å². The zero-order valence-corrected chi connectivity index (χ0v) is 13.2. The molecule has 0 aromatic heterocycles. The molecule has 1 fully saturated rings. The smallest absolute Gasteiger partial charge is 0.251 e. The van der Waals surface area contributed by atoms with Gasteiger partial charge in [-0.05, 0) is 57.0 Å². The van der Waals surface area contributed by atoms with E-state index in [2.05, 4.69) is 10.2 Å². The number of thiocarbonyl (C=S) groups is 1. The Morgan fingerprint density at radius 1 is 1.33 bits per heavy atom. The summed E-state index contributed by atoms with van der Waals surface area (Å²) in [6.07, 6.45) is 1.47. The van der Waals surface area contributed by atoms with Crippen molar-refractivity contribution in [3.63, 3.8) is 0 Å². The Bertz CT molecular complexity index is 516. The van der Waals surface area contributed by atoms with Crippen LogP contribution in [0.5, 0.6) is 5.75 Å². The molecule has 0 spiro atoms. The molecule has 0 saturated carbocycles. The number of benzene rings is 1. The van der Waals surface area contributed by atoms with E-state index in [1.807, 2.05) is 26.2 Å². The molecule has 1 aromatic rings. The third-order valence-electron chi connectivity index (χ3n) is 3.47. The first-order valence-corrected chi connectivity index (χ1v) is 7.42. The third-order valence-corrected chi connectivity index (χ3v) is 3.81. The number of nitrogens with one attached hydrogen (secondary N) is 1. The lowest BCUT2D eigenvalue weighted by Gasteiger charge is -2.16. The average molecular weight is 307 g/mol. The Kier molecular flexibility index (Phi) is 5.14. The van der Waals surface area contributed by atoms with E-state index in [1.165, 1.54) is 0 Å². The summed E-state index contributed by atoms with van der Waals surface area (Å²) in [7, 11) is 4.02. The van der Waals surface area contributed by atoms with Gasteiger partial charge in [-0.25, -0.2) is 0 Å². The van der Waals surface area contributed by atoms with Crippen molar-refractivity contribution in [3.8, 4) is 5.75 Å². The number of nitrogens with zero attached hydrogens (tertiary/aromatic N) is 2. The molecule has 1 heterocycles. The number of hydrogen-bond acceptors (Lipinski definition) is 4. The maximum Gasteiger partial charge on any atom is 0.251 e. The first-order valence-electron chi connectivity index (χ1n) is 7.02. The zero-order valence-electron chi connectivity index (χ0n) is 12.4. The Morgan fingerprint density at radius 2 is 2.00 bits per heavy atom. The van der Waals surface area contributed by atoms with Gasteiger partial charge in [0.2, 0.25) is 0 Å². The largest absolute Gasteiger partial charge is 0.508 e. The van der Waals surface area contributed by atoms with Gasteiger partial charge < -0.3 is 15.3 Å². The highest BCUT2D eigenvalue weighted by Gasteiger charge is 2.34. The maximum atomic E-state index is 12.4. The van der Waals surface area contributed by atoms with E-state index in [-0.39, 0.29) is 17.7 Å². The van der Waals surface area contributed by atoms with Gasteiger partial charge in [0.1, 0.15) is 11.8 Å². The molecule has 1 amide bonds. The Morgan fingerprint density at radius 3 is 2.62 bits per heavy atom. The summed E-state index contributed by atoms with van der Waals surface area (Å²) in [4.78, 5) is 16.1. The van der Waals surface area contributed by atoms with Crippen molar-refractivity contribution < 1.29 is 9.90 Å². The number of hydrogen-bond donors (Lipinski definition) is 2. The van der Waals surface area contributed by atoms with Crippen molar-refractivity contribution in [3.05, 3.63) is 29.8 Å². The molecular weight excluding hydrogens is 286 g/mol. The number of rotatable bonds is 6. The van der Waals surface area contributed by atoms with Crippen LogP contribution < -0.4 is 5.32 Å². The minimum atomic E-state index is -0.304. The lowest BCUT2D eigenvalue weighted by molar-refractivity contribution is -0.127. The molecule has 114 valence electrons. The molecule has 2 rings (SSSR count). The lowest BCUT2D eigenvalue weighted by Crippen LogP contribution is -2.34. The number of amides is 1. The van der Waals surface area contributed by atoms with Gasteiger partial charge in [0, 0.05) is 13.0 Å². The number of carbonyl (C=O) groups is 1. The molecule has 5 nitrogen and oxygen atoms in total. The standard InChI is InChI=1S/C15H21N3O2S/c1-17(2)8-3-9-18-14(20)13(16-15(18)21)10-11-4-6-12(19)7-5-11/h4-7,13,19H,3,8-10H2,1-2H3,(H,16,21). The van der Waals surface area contributed by atoms with Crippen LogP contribution in [0.2, 0.25) is 0 Å². The van der Waals surface area contributed by atoms with Crippen LogP contribution in [-0.4, -0.2) is 59.2 Å². The van der Waals surface area contributed by atoms with Gasteiger partial charge in [-0.3, -0.25) is 9.69 Å². The maximum absolute atomic E-state index is 12.4. The van der Waals surface area contributed by atoms with Crippen LogP contribution >= 0.6 is 12.2 Å². The van der Waals surface area contributed by atoms with Crippen molar-refractivity contribution in [1.29, 1.82) is 0 Å². The van der Waals surface area contributed by atoms with Crippen LogP contribution in [0.15, 0.2) is 24.3 Å². The van der Waals surface area contributed by atoms with Crippen molar-refractivity contribution in [2.45, 2.75) is 18.9 Å². The van der Waals surface area contributed by atoms with Crippen molar-refractivity contribution in [1.82, 2.24) is 15.1 Å². The highest BCUT2D eigenvalue weighted by molar-refractivity contribution is 7.80. The van der Waals surface area contributed by atoms with Gasteiger partial charge in [-0.15, -0.1) is 0 Å². The Labute approximate surface area is 130 Å². The second kappa shape index (κ2) is 6.87. The molecule has 1 aliphatic rings. The molecular formula is C15H21N3O2S. The molecule has 0 bridgehead atoms. The van der Waals surface area contributed by atoms with E-state index in [0.717, 1.165) is 18.5 Å². The summed E-state index contributed by atoms with van der Waals surface area (Å²) in [6, 6.07) is 6.59. The van der Waals surface area contributed by atoms with Gasteiger partial charge >= 0.3 is 0 Å². The Hall–Kier alpha value is -1.66. The molecule has 0 radical (unpaired) electrons. The fourth-order valence-electron chi connectivity index (χ4n) is 2.34. The first kappa shape index (κ1) is 15.7. The van der Waals surface area contributed by atoms with Crippen LogP contribution in [0.25, 0.3) is 0 Å². The van der Waals surface area contributed by atoms with Gasteiger partial charge in [0.05, 0.1) is 0 Å². The lowest BCUT2D eigenvalue weighted by atomic mass is 10.1. The SMILES string of the molecule is CN(C)CCCN1C(=O)C(Cc2ccc(O)cc2)NC1=S. The number of carbonyl (C=O) groups excluding carboxylic acids is 1. The number of phenols is 1. The molecule has 1 aliphatic heterocycles. The minimum Gasteiger partial charge on any atom is -0.508 e. The predicted molar refractivity (Wildman–Crippen MR) is 86.2 cm³/mol. The van der Waals surface area contributed by atoms with Crippen molar-refractivity contribution >= 4 is 23.2 Å². The van der Waals surface area contributed by atoms with Crippen molar-refractivity contribution in [2.24, 2.45) is 0 Å². The summed E-state index contributed by atoms with van der Waals surface area (Å²) in [6.45, 7) is 1.57. The normalized spacial score (nSPS) is 18.4. The number of phenolic OH excluding ortho intramolecular Hbond substituents is 1. The quantitative estimate of drug-likeness (QED) is 0.767. The van der Waals surface area contributed by atoms with Crippen LogP contribution in [0.1, 0.15) is 12.0 Å². The van der Waals surface area contributed by atoms with E-state index >= 15 is 0 Å². The van der Waals surface area contributed by atoms with Crippen LogP contribution in [-0.2, 0) is 11.2 Å². The van der Waals surface area contributed by atoms with Gasteiger partial charge in [0.25, 0.3) is 5.91 Å². The van der Waals surface area contributed by atoms with Crippen LogP contribution in [0, 0.1) is 0 Å². The molecule has 21 heavy (non-hydrogen) atoms. The van der Waals surface area contributed by atoms with Crippen LogP contribution in [0.4, 0.5) is 0 Å². The van der Waals surface area contributed by atoms with Crippen molar-refractivity contribution in [2.75, 3.05) is 27.2 Å². The highest BCUT2D eigenvalue weighted by atomic mass is 32.1. The molecule has 2 N–H and O–H groups in total. The summed E-state index contributed by atoms with van der Waals surface area (Å²) < 4.78 is 0. The van der Waals surface area contributed by atoms with E-state index in [9.17, 15) is 9.90 Å². The highest BCUT2D eigenvalue weighted by Crippen LogP contribution is 2.15. The molecule has 1 atom stereocenters. The van der Waals surface area contributed by atoms with Crippen LogP contribution in [0.3, 0.4) is 0 Å². The van der Waals surface area contributed by atoms with E-state index in [4.69, 9.17) is 12.2 Å². The number of aromatic hydroxyl groups is 1. The predicted octanol–water partition coefficient (Wildman–Crippen LogP) is 0.972. The molecule has 6 heteroatoms. The fourth-order valence-corrected chi connectivity index (χ4v) is 2.66. The van der Waals surface area contributed by atoms with Gasteiger partial charge in [-0.2, -0.15) is 0 Å². The molecule has 0 aliphatic carbocycles. The third kappa shape index (κ3) is 4.15. The summed E-state index contributed by atoms with van der Waals surface area (Å²) in [5.74, 6) is 0.261. The summed E-state index contributed by atoms with van der Waals surface area (Å²) in [5.41, 5.74) is 0.997. The second-order valence-corrected chi connectivity index (χ2v) is 5.91. The summed E-state index contributed by atoms with van der Waals surface area (Å²) >= 11 is 5.25. The fraction of sp³-hybridized carbons (Fsp3) is 0.467. The van der Waals surface area contributed by atoms with Gasteiger partial charge in [-0.1, -0.05) is 12.1 Å². The molecule has 1 saturated heterocycles. The Balaban J connectivity index is 1.92. The van der Waals surface area contributed by atoms with E-state index < -0.39 is 0 Å². The second-order valence-electron chi connectivity index (χ2n) is 5.52. The summed E-state index contributed by atoms with van der Waals surface area (Å²) in [5, 5.41) is 12.9.